The van der Waals surface area contributed by atoms with Gasteiger partial charge in [0, 0.05) is 39.6 Å². The summed E-state index contributed by atoms with van der Waals surface area (Å²) in [4.78, 5) is 49.8. The number of nitrogens with zero attached hydrogens (tertiary/aromatic N) is 5. The fourth-order valence-electron chi connectivity index (χ4n) is 4.39. The lowest BCUT2D eigenvalue weighted by Crippen LogP contribution is -2.45. The number of aliphatic hydroxyl groups is 2. The number of aliphatic carboxylic acids is 1. The molecule has 0 radical (unpaired) electrons. The van der Waals surface area contributed by atoms with Crippen molar-refractivity contribution in [3.8, 4) is 0 Å². The number of aromatic nitrogens is 4. The van der Waals surface area contributed by atoms with E-state index in [4.69, 9.17) is 21.3 Å². The lowest BCUT2D eigenvalue weighted by atomic mass is 10.1. The smallest absolute Gasteiger partial charge is 0.320 e. The van der Waals surface area contributed by atoms with Gasteiger partial charge in [0.05, 0.1) is 12.6 Å². The second kappa shape index (κ2) is 15.3. The first-order chi connectivity index (χ1) is 20.7. The monoisotopic (exact) mass is 644 g/mol. The number of carbonyl (C=O) groups is 3. The minimum absolute atomic E-state index is 0.0146. The van der Waals surface area contributed by atoms with Crippen molar-refractivity contribution in [1.29, 1.82) is 0 Å². The maximum absolute atomic E-state index is 12.9. The normalized spacial score (nSPS) is 20.8. The summed E-state index contributed by atoms with van der Waals surface area (Å²) in [6.07, 6.45) is -1.31. The number of carboxylic acid groups (broad SMARTS) is 1. The number of unbranched alkanes of at least 4 members (excludes halogenated alkanes) is 2. The maximum atomic E-state index is 12.9. The lowest BCUT2D eigenvalue weighted by molar-refractivity contribution is -0.148. The highest BCUT2D eigenvalue weighted by molar-refractivity contribution is 7.88. The van der Waals surface area contributed by atoms with Gasteiger partial charge in [-0.05, 0) is 19.3 Å². The molecule has 2 aromatic heterocycles. The Labute approximate surface area is 253 Å². The van der Waals surface area contributed by atoms with Crippen LogP contribution in [0.2, 0.25) is 0 Å². The Bertz CT molecular complexity index is 1420. The van der Waals surface area contributed by atoms with E-state index in [2.05, 4.69) is 30.3 Å². The number of hydrogen-bond acceptors (Lipinski definition) is 14. The van der Waals surface area contributed by atoms with E-state index in [1.54, 1.807) is 0 Å². The van der Waals surface area contributed by atoms with Crippen molar-refractivity contribution in [2.24, 2.45) is 5.73 Å². The highest BCUT2D eigenvalue weighted by Crippen LogP contribution is 2.33. The molecule has 1 saturated heterocycles. The number of ether oxygens (including phenoxy) is 1. The second-order valence-electron chi connectivity index (χ2n) is 10.4. The van der Waals surface area contributed by atoms with Crippen LogP contribution in [-0.2, 0) is 29.1 Å². The molecule has 0 bridgehead atoms. The summed E-state index contributed by atoms with van der Waals surface area (Å²) in [6.45, 7) is 0.808. The van der Waals surface area contributed by atoms with E-state index in [1.165, 1.54) is 22.8 Å². The summed E-state index contributed by atoms with van der Waals surface area (Å²) in [6, 6.07) is -1.17. The van der Waals surface area contributed by atoms with Crippen molar-refractivity contribution in [3.63, 3.8) is 0 Å². The van der Waals surface area contributed by atoms with Crippen LogP contribution in [0.3, 0.4) is 0 Å². The number of anilines is 2. The number of nitrogens with one attached hydrogen (secondary N) is 3. The highest BCUT2D eigenvalue weighted by Gasteiger charge is 2.48. The SMILES string of the molecule is CN(CCC(N)C(=O)O)C(=O)[C@H]1O[C@@H](n2cnc3c(N)nc(NCCNC(=O)CCCCCNS(C)(=O)=O)nc32)[C@H](O)[C@@H]1O. The number of carbonyl (C=O) groups excluding carboxylic acids is 2. The maximum Gasteiger partial charge on any atom is 0.320 e. The first-order valence-corrected chi connectivity index (χ1v) is 15.8. The van der Waals surface area contributed by atoms with Crippen molar-refractivity contribution in [1.82, 2.24) is 34.5 Å². The Morgan fingerprint density at radius 1 is 1.14 bits per heavy atom. The third-order valence-corrected chi connectivity index (χ3v) is 7.58. The van der Waals surface area contributed by atoms with Crippen LogP contribution in [0.15, 0.2) is 6.33 Å². The molecule has 246 valence electrons. The van der Waals surface area contributed by atoms with Gasteiger partial charge in [0.25, 0.3) is 5.91 Å². The fourth-order valence-corrected chi connectivity index (χ4v) is 4.91. The standard InChI is InChI=1S/C24H40N10O9S/c1-33(11-7-13(25)23(39)40)21(38)18-16(36)17(37)22(43-18)34-12-29-15-19(26)31-24(32-20(15)34)28-10-9-27-14(35)6-4-3-5-8-30-44(2,41)42/h12-13,16-18,22,30,36-37H,3-11,25H2,1-2H3,(H,27,35)(H,39,40)(H3,26,28,31,32)/t13?,16-,17+,18-,22+/m0/s1. The van der Waals surface area contributed by atoms with Crippen LogP contribution < -0.4 is 26.8 Å². The first-order valence-electron chi connectivity index (χ1n) is 13.9. The number of carboxylic acids is 1. The van der Waals surface area contributed by atoms with Gasteiger partial charge in [-0.2, -0.15) is 9.97 Å². The Hall–Kier alpha value is -3.69. The number of aliphatic hydroxyl groups excluding tert-OH is 2. The van der Waals surface area contributed by atoms with Crippen LogP contribution >= 0.6 is 0 Å². The van der Waals surface area contributed by atoms with Gasteiger partial charge in [-0.1, -0.05) is 6.42 Å². The first kappa shape index (κ1) is 34.8. The molecule has 0 aliphatic carbocycles. The van der Waals surface area contributed by atoms with Crippen molar-refractivity contribution in [2.45, 2.75) is 62.7 Å². The summed E-state index contributed by atoms with van der Waals surface area (Å²) >= 11 is 0. The number of likely N-dealkylation sites (N-methyl/N-ethyl adjacent to an activating group) is 1. The number of rotatable bonds is 17. The zero-order valence-corrected chi connectivity index (χ0v) is 25.2. The van der Waals surface area contributed by atoms with Gasteiger partial charge >= 0.3 is 5.97 Å². The molecule has 0 spiro atoms. The molecule has 0 aromatic carbocycles. The zero-order valence-electron chi connectivity index (χ0n) is 24.4. The molecular formula is C24H40N10O9S. The van der Waals surface area contributed by atoms with Crippen molar-refractivity contribution >= 4 is 50.7 Å². The van der Waals surface area contributed by atoms with Crippen LogP contribution in [0, 0.1) is 0 Å². The Morgan fingerprint density at radius 3 is 2.55 bits per heavy atom. The highest BCUT2D eigenvalue weighted by atomic mass is 32.2. The number of fused-ring (bicyclic) bond motifs is 1. The van der Waals surface area contributed by atoms with Crippen molar-refractivity contribution in [2.75, 3.05) is 50.5 Å². The molecule has 1 fully saturated rings. The zero-order chi connectivity index (χ0) is 32.6. The largest absolute Gasteiger partial charge is 0.480 e. The molecule has 1 aliphatic heterocycles. The molecule has 20 heteroatoms. The van der Waals surface area contributed by atoms with Gasteiger partial charge in [-0.25, -0.2) is 18.1 Å². The van der Waals surface area contributed by atoms with E-state index in [0.717, 1.165) is 6.26 Å². The molecule has 3 heterocycles. The van der Waals surface area contributed by atoms with Crippen molar-refractivity contribution < 1.29 is 42.9 Å². The number of imidazole rings is 1. The van der Waals surface area contributed by atoms with Gasteiger partial charge in [-0.15, -0.1) is 0 Å². The average molecular weight is 645 g/mol. The summed E-state index contributed by atoms with van der Waals surface area (Å²) in [7, 11) is -1.82. The van der Waals surface area contributed by atoms with Gasteiger partial charge in [0.15, 0.2) is 23.8 Å². The van der Waals surface area contributed by atoms with E-state index in [1.807, 2.05) is 0 Å². The van der Waals surface area contributed by atoms with Gasteiger partial charge in [0.2, 0.25) is 21.9 Å². The Balaban J connectivity index is 1.54. The van der Waals surface area contributed by atoms with E-state index in [-0.39, 0.29) is 61.3 Å². The van der Waals surface area contributed by atoms with E-state index in [9.17, 15) is 33.0 Å². The molecular weight excluding hydrogens is 604 g/mol. The van der Waals surface area contributed by atoms with Crippen LogP contribution in [0.5, 0.6) is 0 Å². The van der Waals surface area contributed by atoms with Crippen LogP contribution in [0.4, 0.5) is 11.8 Å². The molecule has 0 saturated carbocycles. The topological polar surface area (TPSA) is 290 Å². The third-order valence-electron chi connectivity index (χ3n) is 6.85. The minimum atomic E-state index is -3.22. The quantitative estimate of drug-likeness (QED) is 0.0793. The third kappa shape index (κ3) is 9.40. The molecule has 44 heavy (non-hydrogen) atoms. The molecule has 19 nitrogen and oxygen atoms in total. The van der Waals surface area contributed by atoms with Gasteiger partial charge in [-0.3, -0.25) is 19.0 Å². The Morgan fingerprint density at radius 2 is 1.86 bits per heavy atom. The van der Waals surface area contributed by atoms with E-state index < -0.39 is 52.5 Å². The molecule has 2 aromatic rings. The summed E-state index contributed by atoms with van der Waals surface area (Å²) < 4.78 is 31.5. The number of sulfonamides is 1. The lowest BCUT2D eigenvalue weighted by Gasteiger charge is -2.23. The fraction of sp³-hybridized carbons (Fsp3) is 0.667. The number of nitrogens with two attached hydrogens (primary N) is 2. The predicted molar refractivity (Wildman–Crippen MR) is 156 cm³/mol. The molecule has 3 rings (SSSR count). The molecule has 2 amide bonds. The van der Waals surface area contributed by atoms with Crippen molar-refractivity contribution in [3.05, 3.63) is 6.33 Å². The minimum Gasteiger partial charge on any atom is -0.480 e. The van der Waals surface area contributed by atoms with Crippen LogP contribution in [0.1, 0.15) is 38.3 Å². The Kier molecular flexibility index (Phi) is 12.1. The average Bonchev–Trinajstić information content (AvgIpc) is 3.51. The number of hydrogen-bond donors (Lipinski definition) is 8. The summed E-state index contributed by atoms with van der Waals surface area (Å²) in [5.41, 5.74) is 11.9. The van der Waals surface area contributed by atoms with E-state index in [0.29, 0.717) is 25.8 Å². The summed E-state index contributed by atoms with van der Waals surface area (Å²) in [5, 5.41) is 36.0. The number of amides is 2. The van der Waals surface area contributed by atoms with Gasteiger partial charge < -0.3 is 47.1 Å². The molecule has 1 aliphatic rings. The van der Waals surface area contributed by atoms with E-state index >= 15 is 0 Å². The summed E-state index contributed by atoms with van der Waals surface area (Å²) in [5.74, 6) is -1.94. The van der Waals surface area contributed by atoms with Crippen LogP contribution in [-0.4, -0.2) is 130 Å². The molecule has 1 unspecified atom stereocenters. The molecule has 10 N–H and O–H groups in total. The predicted octanol–water partition coefficient (Wildman–Crippen LogP) is -3.07. The number of nitrogen functional groups attached to an aromatic ring is 1. The van der Waals surface area contributed by atoms with Crippen LogP contribution in [0.25, 0.3) is 11.2 Å². The molecule has 5 atom stereocenters. The van der Waals surface area contributed by atoms with Gasteiger partial charge in [0.1, 0.15) is 23.8 Å². The second-order valence-corrected chi connectivity index (χ2v) is 12.3.